The van der Waals surface area contributed by atoms with Gasteiger partial charge in [0.2, 0.25) is 0 Å². The van der Waals surface area contributed by atoms with E-state index in [9.17, 15) is 9.18 Å². The highest BCUT2D eigenvalue weighted by Crippen LogP contribution is 2.23. The molecule has 1 aliphatic carbocycles. The number of benzene rings is 1. The first-order valence-corrected chi connectivity index (χ1v) is 5.84. The normalized spacial score (nSPS) is 23.0. The second-order valence-corrected chi connectivity index (χ2v) is 4.68. The predicted molar refractivity (Wildman–Crippen MR) is 65.3 cm³/mol. The maximum absolute atomic E-state index is 13.0. The first kappa shape index (κ1) is 12.3. The molecule has 1 aromatic carbocycles. The molecule has 2 rings (SSSR count). The van der Waals surface area contributed by atoms with Crippen LogP contribution in [0.15, 0.2) is 30.4 Å². The molecule has 0 aromatic heterocycles. The molecular formula is C13H13ClFNO. The summed E-state index contributed by atoms with van der Waals surface area (Å²) in [5.41, 5.74) is 6.22. The van der Waals surface area contributed by atoms with E-state index in [4.69, 9.17) is 17.3 Å². The third kappa shape index (κ3) is 2.93. The molecule has 2 N–H and O–H groups in total. The van der Waals surface area contributed by atoms with Crippen molar-refractivity contribution in [1.82, 2.24) is 0 Å². The zero-order valence-corrected chi connectivity index (χ0v) is 9.95. The highest BCUT2D eigenvalue weighted by atomic mass is 35.5. The van der Waals surface area contributed by atoms with Crippen molar-refractivity contribution in [2.75, 3.05) is 0 Å². The van der Waals surface area contributed by atoms with Crippen LogP contribution in [0.2, 0.25) is 5.02 Å². The number of nitrogens with two attached hydrogens (primary N) is 1. The maximum atomic E-state index is 13.0. The average Bonchev–Trinajstić information content (AvgIpc) is 2.70. The maximum Gasteiger partial charge on any atom is 0.144 e. The number of halogens is 2. The number of Topliss-reactive ketones (excluding diaryl/α,β-unsaturated/α-hetero) is 1. The topological polar surface area (TPSA) is 43.1 Å². The molecule has 0 saturated heterocycles. The Labute approximate surface area is 104 Å². The fraction of sp³-hybridized carbons (Fsp3) is 0.308. The van der Waals surface area contributed by atoms with E-state index in [1.807, 2.05) is 12.2 Å². The van der Waals surface area contributed by atoms with E-state index in [0.29, 0.717) is 17.0 Å². The summed E-state index contributed by atoms with van der Waals surface area (Å²) in [4.78, 5) is 11.9. The molecule has 0 heterocycles. The third-order valence-electron chi connectivity index (χ3n) is 2.90. The van der Waals surface area contributed by atoms with Crippen LogP contribution >= 0.6 is 11.6 Å². The van der Waals surface area contributed by atoms with Gasteiger partial charge >= 0.3 is 0 Å². The molecule has 0 spiro atoms. The quantitative estimate of drug-likeness (QED) is 0.841. The predicted octanol–water partition coefficient (Wildman–Crippen LogP) is 2.49. The SMILES string of the molecule is NC1C=CC(C(=O)Cc2cc(F)ccc2Cl)C1. The molecular weight excluding hydrogens is 241 g/mol. The van der Waals surface area contributed by atoms with Crippen molar-refractivity contribution in [2.45, 2.75) is 18.9 Å². The first-order valence-electron chi connectivity index (χ1n) is 5.47. The van der Waals surface area contributed by atoms with Crippen LogP contribution in [0.4, 0.5) is 4.39 Å². The van der Waals surface area contributed by atoms with E-state index >= 15 is 0 Å². The monoisotopic (exact) mass is 253 g/mol. The lowest BCUT2D eigenvalue weighted by Gasteiger charge is -2.09. The molecule has 4 heteroatoms. The van der Waals surface area contributed by atoms with E-state index in [2.05, 4.69) is 0 Å². The van der Waals surface area contributed by atoms with Gasteiger partial charge in [0.1, 0.15) is 11.6 Å². The Morgan fingerprint density at radius 1 is 1.47 bits per heavy atom. The van der Waals surface area contributed by atoms with Crippen molar-refractivity contribution in [2.24, 2.45) is 11.7 Å². The Hall–Kier alpha value is -1.19. The van der Waals surface area contributed by atoms with Crippen LogP contribution in [-0.4, -0.2) is 11.8 Å². The number of allylic oxidation sites excluding steroid dienone is 1. The van der Waals surface area contributed by atoms with Crippen molar-refractivity contribution in [3.63, 3.8) is 0 Å². The lowest BCUT2D eigenvalue weighted by atomic mass is 9.97. The Kier molecular flexibility index (Phi) is 3.60. The van der Waals surface area contributed by atoms with Gasteiger partial charge in [0, 0.05) is 23.4 Å². The van der Waals surface area contributed by atoms with Crippen LogP contribution in [0.25, 0.3) is 0 Å². The molecule has 0 fully saturated rings. The lowest BCUT2D eigenvalue weighted by molar-refractivity contribution is -0.120. The van der Waals surface area contributed by atoms with Gasteiger partial charge in [0.15, 0.2) is 0 Å². The molecule has 0 saturated carbocycles. The van der Waals surface area contributed by atoms with Gasteiger partial charge in [-0.15, -0.1) is 0 Å². The summed E-state index contributed by atoms with van der Waals surface area (Å²) in [6, 6.07) is 4.00. The fourth-order valence-electron chi connectivity index (χ4n) is 1.96. The number of rotatable bonds is 3. The summed E-state index contributed by atoms with van der Waals surface area (Å²) in [5.74, 6) is -0.512. The van der Waals surface area contributed by atoms with E-state index in [1.165, 1.54) is 18.2 Å². The Bertz CT molecular complexity index is 472. The fourth-order valence-corrected chi connectivity index (χ4v) is 2.15. The number of hydrogen-bond acceptors (Lipinski definition) is 2. The van der Waals surface area contributed by atoms with E-state index < -0.39 is 0 Å². The van der Waals surface area contributed by atoms with Crippen LogP contribution in [0.5, 0.6) is 0 Å². The zero-order chi connectivity index (χ0) is 12.4. The third-order valence-corrected chi connectivity index (χ3v) is 3.27. The van der Waals surface area contributed by atoms with Crippen LogP contribution in [-0.2, 0) is 11.2 Å². The minimum atomic E-state index is -0.379. The summed E-state index contributed by atoms with van der Waals surface area (Å²) in [7, 11) is 0. The van der Waals surface area contributed by atoms with Crippen LogP contribution in [0.1, 0.15) is 12.0 Å². The van der Waals surface area contributed by atoms with Gasteiger partial charge in [0.05, 0.1) is 0 Å². The van der Waals surface area contributed by atoms with Crippen LogP contribution < -0.4 is 5.73 Å². The summed E-state index contributed by atoms with van der Waals surface area (Å²) in [6.45, 7) is 0. The van der Waals surface area contributed by atoms with Crippen molar-refractivity contribution >= 4 is 17.4 Å². The summed E-state index contributed by atoms with van der Waals surface area (Å²) >= 11 is 5.91. The van der Waals surface area contributed by atoms with Crippen LogP contribution in [0.3, 0.4) is 0 Å². The highest BCUT2D eigenvalue weighted by molar-refractivity contribution is 6.31. The largest absolute Gasteiger partial charge is 0.324 e. The van der Waals surface area contributed by atoms with Gasteiger partial charge in [-0.2, -0.15) is 0 Å². The summed E-state index contributed by atoms with van der Waals surface area (Å²) < 4.78 is 13.0. The molecule has 0 aliphatic heterocycles. The Morgan fingerprint density at radius 2 is 2.24 bits per heavy atom. The van der Waals surface area contributed by atoms with E-state index in [0.717, 1.165) is 0 Å². The summed E-state index contributed by atoms with van der Waals surface area (Å²) in [6.07, 6.45) is 4.43. The molecule has 0 radical (unpaired) electrons. The molecule has 17 heavy (non-hydrogen) atoms. The molecule has 0 bridgehead atoms. The number of ketones is 1. The molecule has 90 valence electrons. The standard InChI is InChI=1S/C13H13ClFNO/c14-12-4-2-10(15)5-9(12)7-13(17)8-1-3-11(16)6-8/h1-5,8,11H,6-7,16H2. The number of hydrogen-bond donors (Lipinski definition) is 1. The zero-order valence-electron chi connectivity index (χ0n) is 9.20. The van der Waals surface area contributed by atoms with Gasteiger partial charge in [-0.3, -0.25) is 4.79 Å². The van der Waals surface area contributed by atoms with E-state index in [-0.39, 0.29) is 30.0 Å². The van der Waals surface area contributed by atoms with Crippen molar-refractivity contribution < 1.29 is 9.18 Å². The summed E-state index contributed by atoms with van der Waals surface area (Å²) in [5, 5.41) is 0.422. The second kappa shape index (κ2) is 4.98. The number of carbonyl (C=O) groups is 1. The van der Waals surface area contributed by atoms with Gasteiger partial charge in [0.25, 0.3) is 0 Å². The molecule has 2 unspecified atom stereocenters. The smallest absolute Gasteiger partial charge is 0.144 e. The highest BCUT2D eigenvalue weighted by Gasteiger charge is 2.23. The van der Waals surface area contributed by atoms with Crippen LogP contribution in [0, 0.1) is 11.7 Å². The number of carbonyl (C=O) groups excluding carboxylic acids is 1. The Balaban J connectivity index is 2.08. The Morgan fingerprint density at radius 3 is 2.88 bits per heavy atom. The first-order chi connectivity index (χ1) is 8.06. The lowest BCUT2D eigenvalue weighted by Crippen LogP contribution is -2.20. The molecule has 2 atom stereocenters. The minimum Gasteiger partial charge on any atom is -0.324 e. The molecule has 1 aromatic rings. The minimum absolute atomic E-state index is 0.0294. The van der Waals surface area contributed by atoms with Gasteiger partial charge in [-0.1, -0.05) is 23.8 Å². The average molecular weight is 254 g/mol. The molecule has 2 nitrogen and oxygen atoms in total. The molecule has 1 aliphatic rings. The van der Waals surface area contributed by atoms with Crippen molar-refractivity contribution in [3.05, 3.63) is 46.8 Å². The van der Waals surface area contributed by atoms with E-state index in [1.54, 1.807) is 0 Å². The molecule has 0 amide bonds. The van der Waals surface area contributed by atoms with Crippen molar-refractivity contribution in [3.8, 4) is 0 Å². The second-order valence-electron chi connectivity index (χ2n) is 4.27. The van der Waals surface area contributed by atoms with Gasteiger partial charge in [-0.05, 0) is 30.2 Å². The van der Waals surface area contributed by atoms with Gasteiger partial charge in [-0.25, -0.2) is 4.39 Å². The van der Waals surface area contributed by atoms with Crippen molar-refractivity contribution in [1.29, 1.82) is 0 Å². The van der Waals surface area contributed by atoms with Gasteiger partial charge < -0.3 is 5.73 Å².